The molecule has 4 bridgehead atoms. The fourth-order valence-electron chi connectivity index (χ4n) is 6.30. The Hall–Kier alpha value is -1.91. The Morgan fingerprint density at radius 3 is 2.65 bits per heavy atom. The SMILES string of the molecule is O=C1c2cnccc2CN1C12CC3CC(CC(C(=O)O)(C3)C1)C2. The lowest BCUT2D eigenvalue weighted by Crippen LogP contribution is -2.64. The van der Waals surface area contributed by atoms with Crippen LogP contribution in [0.2, 0.25) is 0 Å². The maximum absolute atomic E-state index is 12.9. The summed E-state index contributed by atoms with van der Waals surface area (Å²) in [5.74, 6) is 0.321. The largest absolute Gasteiger partial charge is 0.481 e. The first-order valence-corrected chi connectivity index (χ1v) is 8.50. The maximum atomic E-state index is 12.9. The highest BCUT2D eigenvalue weighted by Crippen LogP contribution is 2.64. The lowest BCUT2D eigenvalue weighted by atomic mass is 9.46. The second-order valence-electron chi connectivity index (χ2n) is 8.19. The first kappa shape index (κ1) is 13.5. The number of carboxylic acids is 1. The summed E-state index contributed by atoms with van der Waals surface area (Å²) in [6.45, 7) is 0.617. The summed E-state index contributed by atoms with van der Waals surface area (Å²) >= 11 is 0. The van der Waals surface area contributed by atoms with Crippen LogP contribution in [0, 0.1) is 17.3 Å². The second kappa shape index (κ2) is 4.13. The number of fused-ring (bicyclic) bond motifs is 1. The Labute approximate surface area is 134 Å². The number of carboxylic acid groups (broad SMARTS) is 1. The molecule has 1 aliphatic heterocycles. The second-order valence-corrected chi connectivity index (χ2v) is 8.19. The average Bonchev–Trinajstić information content (AvgIpc) is 2.84. The predicted molar refractivity (Wildman–Crippen MR) is 81.6 cm³/mol. The molecule has 1 aromatic heterocycles. The van der Waals surface area contributed by atoms with Crippen molar-refractivity contribution in [3.63, 3.8) is 0 Å². The minimum absolute atomic E-state index is 0.0515. The molecule has 5 aliphatic rings. The van der Waals surface area contributed by atoms with Crippen LogP contribution in [0.4, 0.5) is 0 Å². The van der Waals surface area contributed by atoms with Gasteiger partial charge in [-0.2, -0.15) is 0 Å². The Morgan fingerprint density at radius 1 is 1.26 bits per heavy atom. The lowest BCUT2D eigenvalue weighted by Gasteiger charge is -2.62. The highest BCUT2D eigenvalue weighted by molar-refractivity contribution is 5.98. The molecule has 4 aliphatic carbocycles. The number of rotatable bonds is 2. The first-order chi connectivity index (χ1) is 11.0. The Morgan fingerprint density at radius 2 is 2.00 bits per heavy atom. The summed E-state index contributed by atoms with van der Waals surface area (Å²) in [6.07, 6.45) is 8.73. The van der Waals surface area contributed by atoms with Crippen molar-refractivity contribution in [1.29, 1.82) is 0 Å². The molecule has 0 saturated heterocycles. The average molecular weight is 312 g/mol. The van der Waals surface area contributed by atoms with Gasteiger partial charge in [-0.25, -0.2) is 0 Å². The van der Waals surface area contributed by atoms with E-state index in [1.807, 2.05) is 11.0 Å². The molecule has 120 valence electrons. The van der Waals surface area contributed by atoms with Crippen LogP contribution < -0.4 is 0 Å². The standard InChI is InChI=1S/C18H20N2O3/c21-15-14-8-19-2-1-13(14)9-20(15)18-6-11-3-12(7-18)5-17(4-11,10-18)16(22)23/h1-2,8,11-12H,3-7,9-10H2,(H,22,23). The van der Waals surface area contributed by atoms with Crippen LogP contribution in [0.5, 0.6) is 0 Å². The summed E-state index contributed by atoms with van der Waals surface area (Å²) in [6, 6.07) is 1.92. The maximum Gasteiger partial charge on any atom is 0.309 e. The molecule has 6 rings (SSSR count). The number of aliphatic carboxylic acids is 1. The summed E-state index contributed by atoms with van der Waals surface area (Å²) in [5, 5.41) is 9.86. The Bertz CT molecular complexity index is 715. The number of carbonyl (C=O) groups is 2. The molecule has 1 aromatic rings. The Balaban J connectivity index is 1.56. The van der Waals surface area contributed by atoms with Gasteiger partial charge < -0.3 is 10.0 Å². The molecule has 1 N–H and O–H groups in total. The molecular weight excluding hydrogens is 292 g/mol. The van der Waals surface area contributed by atoms with Crippen LogP contribution in [0.3, 0.4) is 0 Å². The molecule has 0 spiro atoms. The van der Waals surface area contributed by atoms with Gasteiger partial charge in [-0.3, -0.25) is 14.6 Å². The summed E-state index contributed by atoms with van der Waals surface area (Å²) in [7, 11) is 0. The van der Waals surface area contributed by atoms with Gasteiger partial charge in [0.25, 0.3) is 5.91 Å². The number of pyridine rings is 1. The quantitative estimate of drug-likeness (QED) is 0.910. The lowest BCUT2D eigenvalue weighted by molar-refractivity contribution is -0.175. The van der Waals surface area contributed by atoms with Gasteiger partial charge in [0.05, 0.1) is 11.0 Å². The highest BCUT2D eigenvalue weighted by atomic mass is 16.4. The van der Waals surface area contributed by atoms with E-state index < -0.39 is 11.4 Å². The molecule has 0 radical (unpaired) electrons. The van der Waals surface area contributed by atoms with Crippen molar-refractivity contribution < 1.29 is 14.7 Å². The van der Waals surface area contributed by atoms with Gasteiger partial charge in [-0.15, -0.1) is 0 Å². The van der Waals surface area contributed by atoms with Crippen LogP contribution in [-0.4, -0.2) is 32.4 Å². The molecule has 5 heteroatoms. The van der Waals surface area contributed by atoms with E-state index in [2.05, 4.69) is 4.98 Å². The zero-order valence-corrected chi connectivity index (χ0v) is 13.0. The van der Waals surface area contributed by atoms with Gasteiger partial charge in [0, 0.05) is 24.5 Å². The minimum atomic E-state index is -0.651. The zero-order valence-electron chi connectivity index (χ0n) is 13.0. The van der Waals surface area contributed by atoms with Crippen molar-refractivity contribution in [3.05, 3.63) is 29.6 Å². The number of hydrogen-bond acceptors (Lipinski definition) is 3. The van der Waals surface area contributed by atoms with Crippen molar-refractivity contribution >= 4 is 11.9 Å². The third-order valence-corrected chi connectivity index (χ3v) is 6.77. The van der Waals surface area contributed by atoms with Crippen molar-refractivity contribution in [2.45, 2.75) is 50.6 Å². The van der Waals surface area contributed by atoms with E-state index >= 15 is 0 Å². The molecule has 4 saturated carbocycles. The Kier molecular flexibility index (Phi) is 2.43. The van der Waals surface area contributed by atoms with Gasteiger partial charge in [0.1, 0.15) is 0 Å². The monoisotopic (exact) mass is 312 g/mol. The highest BCUT2D eigenvalue weighted by Gasteiger charge is 2.63. The summed E-state index contributed by atoms with van der Waals surface area (Å²) < 4.78 is 0. The molecule has 5 nitrogen and oxygen atoms in total. The predicted octanol–water partition coefficient (Wildman–Crippen LogP) is 2.46. The molecule has 0 aromatic carbocycles. The molecule has 2 unspecified atom stereocenters. The van der Waals surface area contributed by atoms with Crippen LogP contribution in [-0.2, 0) is 11.3 Å². The summed E-state index contributed by atoms with van der Waals surface area (Å²) in [5.41, 5.74) is 0.883. The first-order valence-electron chi connectivity index (χ1n) is 8.50. The number of aromatic nitrogens is 1. The molecule has 1 amide bonds. The third-order valence-electron chi connectivity index (χ3n) is 6.77. The van der Waals surface area contributed by atoms with Gasteiger partial charge in [-0.1, -0.05) is 0 Å². The number of amides is 1. The number of carbonyl (C=O) groups excluding carboxylic acids is 1. The van der Waals surface area contributed by atoms with Crippen molar-refractivity contribution in [2.24, 2.45) is 17.3 Å². The van der Waals surface area contributed by atoms with E-state index in [1.54, 1.807) is 12.4 Å². The van der Waals surface area contributed by atoms with Crippen molar-refractivity contribution in [1.82, 2.24) is 9.88 Å². The number of hydrogen-bond donors (Lipinski definition) is 1. The van der Waals surface area contributed by atoms with Crippen LogP contribution in [0.15, 0.2) is 18.5 Å². The van der Waals surface area contributed by atoms with E-state index in [1.165, 1.54) is 0 Å². The van der Waals surface area contributed by atoms with E-state index in [0.717, 1.165) is 37.7 Å². The smallest absolute Gasteiger partial charge is 0.309 e. The van der Waals surface area contributed by atoms with E-state index in [0.29, 0.717) is 30.4 Å². The molecule has 2 atom stereocenters. The van der Waals surface area contributed by atoms with E-state index in [-0.39, 0.29) is 11.4 Å². The normalized spacial score (nSPS) is 40.5. The third kappa shape index (κ3) is 1.65. The van der Waals surface area contributed by atoms with Gasteiger partial charge in [0.15, 0.2) is 0 Å². The molecule has 2 heterocycles. The minimum Gasteiger partial charge on any atom is -0.481 e. The fourth-order valence-corrected chi connectivity index (χ4v) is 6.30. The van der Waals surface area contributed by atoms with E-state index in [4.69, 9.17) is 0 Å². The van der Waals surface area contributed by atoms with Crippen LogP contribution in [0.25, 0.3) is 0 Å². The van der Waals surface area contributed by atoms with Crippen molar-refractivity contribution in [2.75, 3.05) is 0 Å². The summed E-state index contributed by atoms with van der Waals surface area (Å²) in [4.78, 5) is 31.0. The number of nitrogens with zero attached hydrogens (tertiary/aromatic N) is 2. The molecule has 4 fully saturated rings. The van der Waals surface area contributed by atoms with Crippen molar-refractivity contribution in [3.8, 4) is 0 Å². The zero-order chi connectivity index (χ0) is 15.8. The van der Waals surface area contributed by atoms with Gasteiger partial charge in [-0.05, 0) is 62.0 Å². The van der Waals surface area contributed by atoms with Gasteiger partial charge in [0.2, 0.25) is 0 Å². The van der Waals surface area contributed by atoms with Crippen LogP contribution >= 0.6 is 0 Å². The van der Waals surface area contributed by atoms with Crippen LogP contribution in [0.1, 0.15) is 54.4 Å². The molecule has 23 heavy (non-hydrogen) atoms. The van der Waals surface area contributed by atoms with E-state index in [9.17, 15) is 14.7 Å². The van der Waals surface area contributed by atoms with Gasteiger partial charge >= 0.3 is 5.97 Å². The molecular formula is C18H20N2O3. The fraction of sp³-hybridized carbons (Fsp3) is 0.611. The topological polar surface area (TPSA) is 70.5 Å².